The van der Waals surface area contributed by atoms with Crippen LogP contribution in [0.25, 0.3) is 0 Å². The van der Waals surface area contributed by atoms with Crippen LogP contribution >= 0.6 is 11.6 Å². The summed E-state index contributed by atoms with van der Waals surface area (Å²) in [4.78, 5) is 0.0358. The van der Waals surface area contributed by atoms with Crippen LogP contribution in [0.5, 0.6) is 0 Å². The Morgan fingerprint density at radius 2 is 1.64 bits per heavy atom. The molecule has 2 aromatic carbocycles. The molecule has 0 aromatic heterocycles. The van der Waals surface area contributed by atoms with Gasteiger partial charge in [0.05, 0.1) is 10.6 Å². The highest BCUT2D eigenvalue weighted by molar-refractivity contribution is 7.92. The summed E-state index contributed by atoms with van der Waals surface area (Å²) in [5.74, 6) is -0.311. The second kappa shape index (κ2) is 6.25. The molecule has 0 saturated heterocycles. The largest absolute Gasteiger partial charge is 0.280 e. The maximum atomic E-state index is 12.2. The molecular weight excluding hydrogens is 348 g/mol. The highest BCUT2D eigenvalue weighted by atomic mass is 35.5. The van der Waals surface area contributed by atoms with Crippen molar-refractivity contribution < 1.29 is 16.8 Å². The fraction of sp³-hybridized carbons (Fsp3) is 0.0769. The Labute approximate surface area is 134 Å². The Morgan fingerprint density at radius 1 is 1.00 bits per heavy atom. The van der Waals surface area contributed by atoms with Gasteiger partial charge in [-0.25, -0.2) is 22.0 Å². The van der Waals surface area contributed by atoms with Gasteiger partial charge in [-0.05, 0) is 35.9 Å². The van der Waals surface area contributed by atoms with Crippen molar-refractivity contribution in [3.05, 3.63) is 59.1 Å². The number of rotatable bonds is 5. The Bertz CT molecular complexity index is 879. The first kappa shape index (κ1) is 16.8. The average Bonchev–Trinajstić information content (AvgIpc) is 2.39. The third-order valence-corrected chi connectivity index (χ3v) is 5.03. The molecule has 118 valence electrons. The summed E-state index contributed by atoms with van der Waals surface area (Å²) in [7, 11) is -7.39. The Morgan fingerprint density at radius 3 is 2.18 bits per heavy atom. The molecule has 0 aliphatic rings. The minimum Gasteiger partial charge on any atom is -0.280 e. The van der Waals surface area contributed by atoms with Crippen LogP contribution in [0.3, 0.4) is 0 Å². The minimum atomic E-state index is -3.76. The van der Waals surface area contributed by atoms with E-state index in [0.29, 0.717) is 16.3 Å². The van der Waals surface area contributed by atoms with E-state index in [0.717, 1.165) is 0 Å². The zero-order chi connectivity index (χ0) is 16.4. The third kappa shape index (κ3) is 4.70. The molecule has 22 heavy (non-hydrogen) atoms. The molecule has 6 nitrogen and oxygen atoms in total. The number of benzene rings is 2. The molecule has 2 aromatic rings. The molecule has 0 aliphatic heterocycles. The van der Waals surface area contributed by atoms with E-state index >= 15 is 0 Å². The minimum absolute atomic E-state index is 0.0358. The molecular formula is C13H13ClN2O4S2. The van der Waals surface area contributed by atoms with Crippen LogP contribution in [0.4, 0.5) is 5.69 Å². The molecule has 0 heterocycles. The van der Waals surface area contributed by atoms with Gasteiger partial charge in [-0.2, -0.15) is 0 Å². The van der Waals surface area contributed by atoms with Crippen LogP contribution in [0.15, 0.2) is 53.4 Å². The highest BCUT2D eigenvalue weighted by Gasteiger charge is 2.14. The van der Waals surface area contributed by atoms with Crippen molar-refractivity contribution >= 4 is 37.3 Å². The lowest BCUT2D eigenvalue weighted by Crippen LogP contribution is -2.15. The average molecular weight is 361 g/mol. The van der Waals surface area contributed by atoms with Gasteiger partial charge in [-0.1, -0.05) is 29.8 Å². The first-order valence-electron chi connectivity index (χ1n) is 6.03. The van der Waals surface area contributed by atoms with E-state index in [1.165, 1.54) is 42.5 Å². The van der Waals surface area contributed by atoms with Crippen LogP contribution in [-0.4, -0.2) is 16.8 Å². The molecule has 3 N–H and O–H groups in total. The van der Waals surface area contributed by atoms with Crippen molar-refractivity contribution in [2.24, 2.45) is 5.14 Å². The molecule has 0 amide bonds. The van der Waals surface area contributed by atoms with Crippen LogP contribution < -0.4 is 9.86 Å². The second-order valence-corrected chi connectivity index (χ2v) is 8.30. The fourth-order valence-electron chi connectivity index (χ4n) is 1.75. The van der Waals surface area contributed by atoms with Crippen molar-refractivity contribution in [1.82, 2.24) is 0 Å². The van der Waals surface area contributed by atoms with Crippen molar-refractivity contribution in [3.63, 3.8) is 0 Å². The number of hydrogen-bond donors (Lipinski definition) is 2. The van der Waals surface area contributed by atoms with Crippen LogP contribution in [0.1, 0.15) is 5.56 Å². The van der Waals surface area contributed by atoms with Gasteiger partial charge in [-0.3, -0.25) is 4.72 Å². The van der Waals surface area contributed by atoms with Gasteiger partial charge in [0.15, 0.2) is 0 Å². The van der Waals surface area contributed by atoms with E-state index in [4.69, 9.17) is 16.7 Å². The van der Waals surface area contributed by atoms with Gasteiger partial charge in [0.2, 0.25) is 10.0 Å². The number of nitrogens with one attached hydrogen (secondary N) is 1. The molecule has 0 bridgehead atoms. The lowest BCUT2D eigenvalue weighted by atomic mass is 10.2. The highest BCUT2D eigenvalue weighted by Crippen LogP contribution is 2.19. The number of halogens is 1. The Balaban J connectivity index is 2.20. The topological polar surface area (TPSA) is 106 Å². The zero-order valence-corrected chi connectivity index (χ0v) is 13.6. The van der Waals surface area contributed by atoms with Crippen molar-refractivity contribution in [2.75, 3.05) is 4.72 Å². The molecule has 0 radical (unpaired) electrons. The van der Waals surface area contributed by atoms with Gasteiger partial charge in [0.25, 0.3) is 10.0 Å². The number of nitrogens with two attached hydrogens (primary N) is 1. The van der Waals surface area contributed by atoms with E-state index in [-0.39, 0.29) is 10.6 Å². The van der Waals surface area contributed by atoms with Crippen LogP contribution in [0, 0.1) is 0 Å². The molecule has 0 unspecified atom stereocenters. The van der Waals surface area contributed by atoms with E-state index < -0.39 is 20.0 Å². The van der Waals surface area contributed by atoms with E-state index in [9.17, 15) is 16.8 Å². The molecule has 0 aliphatic carbocycles. The fourth-order valence-corrected chi connectivity index (χ4v) is 3.77. The predicted molar refractivity (Wildman–Crippen MR) is 85.5 cm³/mol. The number of sulfonamides is 2. The predicted octanol–water partition coefficient (Wildman–Crippen LogP) is 1.93. The zero-order valence-electron chi connectivity index (χ0n) is 11.2. The third-order valence-electron chi connectivity index (χ3n) is 2.68. The monoisotopic (exact) mass is 360 g/mol. The van der Waals surface area contributed by atoms with Gasteiger partial charge in [-0.15, -0.1) is 0 Å². The van der Waals surface area contributed by atoms with Gasteiger partial charge < -0.3 is 0 Å². The summed E-state index contributed by atoms with van der Waals surface area (Å²) in [6.07, 6.45) is 0. The SMILES string of the molecule is NS(=O)(=O)Cc1ccc(NS(=O)(=O)c2cccc(Cl)c2)cc1. The lowest BCUT2D eigenvalue weighted by molar-refractivity contribution is 0.596. The molecule has 9 heteroatoms. The van der Waals surface area contributed by atoms with E-state index in [1.807, 2.05) is 0 Å². The summed E-state index contributed by atoms with van der Waals surface area (Å²) in [5.41, 5.74) is 0.770. The van der Waals surface area contributed by atoms with Crippen molar-refractivity contribution in [3.8, 4) is 0 Å². The Kier molecular flexibility index (Phi) is 4.76. The standard InChI is InChI=1S/C13H13ClN2O4S2/c14-11-2-1-3-13(8-11)22(19,20)16-12-6-4-10(5-7-12)9-21(15,17)18/h1-8,16H,9H2,(H2,15,17,18). The first-order chi connectivity index (χ1) is 10.2. The molecule has 0 spiro atoms. The van der Waals surface area contributed by atoms with Gasteiger partial charge in [0.1, 0.15) is 0 Å². The summed E-state index contributed by atoms with van der Waals surface area (Å²) < 4.78 is 48.7. The molecule has 0 fully saturated rings. The maximum Gasteiger partial charge on any atom is 0.261 e. The van der Waals surface area contributed by atoms with Gasteiger partial charge in [0, 0.05) is 10.7 Å². The second-order valence-electron chi connectivity index (χ2n) is 4.57. The first-order valence-corrected chi connectivity index (χ1v) is 9.61. The van der Waals surface area contributed by atoms with Crippen molar-refractivity contribution in [1.29, 1.82) is 0 Å². The molecule has 0 atom stereocenters. The van der Waals surface area contributed by atoms with Gasteiger partial charge >= 0.3 is 0 Å². The summed E-state index contributed by atoms with van der Waals surface area (Å²) in [6.45, 7) is 0. The maximum absolute atomic E-state index is 12.2. The van der Waals surface area contributed by atoms with Crippen molar-refractivity contribution in [2.45, 2.75) is 10.6 Å². The smallest absolute Gasteiger partial charge is 0.261 e. The normalized spacial score (nSPS) is 12.1. The summed E-state index contributed by atoms with van der Waals surface area (Å²) in [6, 6.07) is 11.8. The van der Waals surface area contributed by atoms with Crippen LogP contribution in [-0.2, 0) is 25.8 Å². The number of anilines is 1. The Hall–Kier alpha value is -1.61. The molecule has 2 rings (SSSR count). The van der Waals surface area contributed by atoms with Crippen LogP contribution in [0.2, 0.25) is 5.02 Å². The number of hydrogen-bond acceptors (Lipinski definition) is 4. The quantitative estimate of drug-likeness (QED) is 0.849. The molecule has 0 saturated carbocycles. The summed E-state index contributed by atoms with van der Waals surface area (Å²) >= 11 is 5.78. The lowest BCUT2D eigenvalue weighted by Gasteiger charge is -2.09. The number of primary sulfonamides is 1. The van der Waals surface area contributed by atoms with E-state index in [2.05, 4.69) is 4.72 Å². The summed E-state index contributed by atoms with van der Waals surface area (Å²) in [5, 5.41) is 5.26. The van der Waals surface area contributed by atoms with E-state index in [1.54, 1.807) is 6.07 Å².